The number of carbonyl (C=O) groups excluding carboxylic acids is 4. The third kappa shape index (κ3) is 11.7. The van der Waals surface area contributed by atoms with Crippen LogP contribution < -0.4 is 21.3 Å². The summed E-state index contributed by atoms with van der Waals surface area (Å²) >= 11 is 0. The molecule has 0 saturated carbocycles. The van der Waals surface area contributed by atoms with Crippen molar-refractivity contribution in [3.05, 3.63) is 39.9 Å². The molecule has 0 aromatic heterocycles. The molecule has 0 aliphatic carbocycles. The fourth-order valence-corrected chi connectivity index (χ4v) is 5.39. The Hall–Kier alpha value is -4.07. The molecule has 5 N–H and O–H groups in total. The van der Waals surface area contributed by atoms with Crippen molar-refractivity contribution >= 4 is 35.3 Å². The van der Waals surface area contributed by atoms with Crippen molar-refractivity contribution in [2.75, 3.05) is 6.54 Å². The number of nitrogens with zero attached hydrogens (tertiary/aromatic N) is 2. The number of benzene rings is 1. The Bertz CT molecular complexity index is 1190. The van der Waals surface area contributed by atoms with E-state index in [-0.39, 0.29) is 61.3 Å². The molecule has 0 bridgehead atoms. The molecule has 14 heteroatoms. The topological polar surface area (TPSA) is 200 Å². The lowest BCUT2D eigenvalue weighted by Crippen LogP contribution is -2.56. The molecule has 4 amide bonds. The minimum absolute atomic E-state index is 0.000708. The zero-order valence-corrected chi connectivity index (χ0v) is 26.8. The van der Waals surface area contributed by atoms with E-state index >= 15 is 0 Å². The van der Waals surface area contributed by atoms with Crippen molar-refractivity contribution in [1.29, 1.82) is 0 Å². The Labute approximate surface area is 264 Å². The molecular weight excluding hydrogens is 584 g/mol. The molecule has 1 aromatic carbocycles. The average molecular weight is 633 g/mol. The number of hydrogen-bond donors (Lipinski definition) is 5. The number of likely N-dealkylation sites (tertiary alicyclic amines) is 1. The summed E-state index contributed by atoms with van der Waals surface area (Å²) in [6.07, 6.45) is 2.24. The van der Waals surface area contributed by atoms with E-state index in [0.29, 0.717) is 32.2 Å². The van der Waals surface area contributed by atoms with E-state index in [4.69, 9.17) is 5.11 Å². The van der Waals surface area contributed by atoms with Gasteiger partial charge in [-0.2, -0.15) is 0 Å². The molecule has 45 heavy (non-hydrogen) atoms. The first kappa shape index (κ1) is 37.1. The smallest absolute Gasteiger partial charge is 0.303 e. The molecule has 1 aliphatic rings. The first-order chi connectivity index (χ1) is 21.3. The largest absolute Gasteiger partial charge is 0.481 e. The van der Waals surface area contributed by atoms with Gasteiger partial charge in [0, 0.05) is 50.1 Å². The van der Waals surface area contributed by atoms with Crippen molar-refractivity contribution in [3.63, 3.8) is 0 Å². The first-order valence-electron chi connectivity index (χ1n) is 15.7. The molecule has 1 aliphatic heterocycles. The van der Waals surface area contributed by atoms with Crippen LogP contribution in [0.2, 0.25) is 0 Å². The summed E-state index contributed by atoms with van der Waals surface area (Å²) < 4.78 is 0. The van der Waals surface area contributed by atoms with E-state index in [1.54, 1.807) is 19.1 Å². The number of nitrogens with one attached hydrogen (secondary N) is 4. The SMILES string of the molecule is CCC[C@H](NC(=O)[C@@H](NC(=O)CCCC(=O)O)[C@@H](C)CC)C(=O)N[C@H]1CC(C)N([C@@H](C)C(=O)NCc2ccc([N+](=O)[O-])cc2)C1. The number of hydrogen-bond acceptors (Lipinski definition) is 8. The molecule has 1 heterocycles. The molecule has 1 aromatic rings. The number of rotatable bonds is 18. The quantitative estimate of drug-likeness (QED) is 0.119. The van der Waals surface area contributed by atoms with Crippen molar-refractivity contribution in [3.8, 4) is 0 Å². The molecule has 14 nitrogen and oxygen atoms in total. The van der Waals surface area contributed by atoms with Crippen molar-refractivity contribution in [2.45, 2.75) is 116 Å². The molecule has 6 atom stereocenters. The Morgan fingerprint density at radius 2 is 1.69 bits per heavy atom. The van der Waals surface area contributed by atoms with Crippen molar-refractivity contribution in [1.82, 2.24) is 26.2 Å². The molecule has 1 fully saturated rings. The number of carboxylic acids is 1. The van der Waals surface area contributed by atoms with Gasteiger partial charge in [-0.3, -0.25) is 39.0 Å². The molecular formula is C31H48N6O8. The monoisotopic (exact) mass is 632 g/mol. The Morgan fingerprint density at radius 3 is 2.27 bits per heavy atom. The van der Waals surface area contributed by atoms with E-state index in [1.807, 2.05) is 32.6 Å². The number of amides is 4. The Balaban J connectivity index is 1.96. The Morgan fingerprint density at radius 1 is 1.02 bits per heavy atom. The first-order valence-corrected chi connectivity index (χ1v) is 15.7. The van der Waals surface area contributed by atoms with Gasteiger partial charge < -0.3 is 26.4 Å². The number of carbonyl (C=O) groups is 5. The van der Waals surface area contributed by atoms with Gasteiger partial charge >= 0.3 is 5.97 Å². The molecule has 2 rings (SSSR count). The summed E-state index contributed by atoms with van der Waals surface area (Å²) in [6.45, 7) is 10.1. The van der Waals surface area contributed by atoms with Crippen LogP contribution in [-0.4, -0.2) is 81.3 Å². The number of carboxylic acid groups (broad SMARTS) is 1. The lowest BCUT2D eigenvalue weighted by atomic mass is 9.97. The van der Waals surface area contributed by atoms with Gasteiger partial charge in [0.1, 0.15) is 12.1 Å². The second-order valence-electron chi connectivity index (χ2n) is 11.8. The van der Waals surface area contributed by atoms with Crippen LogP contribution >= 0.6 is 0 Å². The van der Waals surface area contributed by atoms with Crippen LogP contribution in [0.3, 0.4) is 0 Å². The highest BCUT2D eigenvalue weighted by molar-refractivity contribution is 5.92. The van der Waals surface area contributed by atoms with Crippen LogP contribution in [-0.2, 0) is 30.5 Å². The molecule has 1 unspecified atom stereocenters. The minimum Gasteiger partial charge on any atom is -0.481 e. The standard InChI is InChI=1S/C31H48N6O8/c1-6-9-25(34-31(43)28(19(3)7-2)35-26(38)10-8-11-27(39)40)30(42)33-23-16-20(4)36(18-23)21(5)29(41)32-17-22-12-14-24(15-13-22)37(44)45/h12-15,19-21,23,25,28H,6-11,16-18H2,1-5H3,(H,32,41)(H,33,42)(H,34,43)(H,35,38)(H,39,40)/t19-,20?,21-,23-,25-,28-/m0/s1. The molecule has 0 radical (unpaired) electrons. The lowest BCUT2D eigenvalue weighted by molar-refractivity contribution is -0.384. The third-order valence-corrected chi connectivity index (χ3v) is 8.28. The minimum atomic E-state index is -0.996. The van der Waals surface area contributed by atoms with Gasteiger partial charge in [-0.25, -0.2) is 0 Å². The average Bonchev–Trinajstić information content (AvgIpc) is 3.36. The zero-order chi connectivity index (χ0) is 33.7. The highest BCUT2D eigenvalue weighted by atomic mass is 16.6. The van der Waals surface area contributed by atoms with Crippen molar-refractivity contribution < 1.29 is 34.0 Å². The van der Waals surface area contributed by atoms with E-state index in [9.17, 15) is 34.1 Å². The van der Waals surface area contributed by atoms with Crippen LogP contribution in [0.5, 0.6) is 0 Å². The maximum atomic E-state index is 13.3. The van der Waals surface area contributed by atoms with E-state index in [1.165, 1.54) is 12.1 Å². The molecule has 1 saturated heterocycles. The molecule has 250 valence electrons. The van der Waals surface area contributed by atoms with Gasteiger partial charge in [-0.05, 0) is 44.6 Å². The number of aliphatic carboxylic acids is 1. The fraction of sp³-hybridized carbons (Fsp3) is 0.645. The highest BCUT2D eigenvalue weighted by Gasteiger charge is 2.37. The predicted molar refractivity (Wildman–Crippen MR) is 167 cm³/mol. The summed E-state index contributed by atoms with van der Waals surface area (Å²) in [5.74, 6) is -2.64. The van der Waals surface area contributed by atoms with Crippen LogP contribution in [0.15, 0.2) is 24.3 Å². The van der Waals surface area contributed by atoms with Gasteiger partial charge in [0.05, 0.1) is 11.0 Å². The van der Waals surface area contributed by atoms with E-state index in [0.717, 1.165) is 5.56 Å². The van der Waals surface area contributed by atoms with Gasteiger partial charge in [0.15, 0.2) is 0 Å². The zero-order valence-electron chi connectivity index (χ0n) is 26.8. The molecule has 0 spiro atoms. The summed E-state index contributed by atoms with van der Waals surface area (Å²) in [6, 6.07) is 3.56. The fourth-order valence-electron chi connectivity index (χ4n) is 5.39. The maximum absolute atomic E-state index is 13.3. The second-order valence-corrected chi connectivity index (χ2v) is 11.8. The highest BCUT2D eigenvalue weighted by Crippen LogP contribution is 2.21. The van der Waals surface area contributed by atoms with Crippen LogP contribution in [0.4, 0.5) is 5.69 Å². The number of non-ortho nitro benzene ring substituents is 1. The summed E-state index contributed by atoms with van der Waals surface area (Å²) in [7, 11) is 0. The van der Waals surface area contributed by atoms with Gasteiger partial charge in [0.2, 0.25) is 23.6 Å². The predicted octanol–water partition coefficient (Wildman–Crippen LogP) is 2.25. The Kier molecular flexibility index (Phi) is 14.9. The summed E-state index contributed by atoms with van der Waals surface area (Å²) in [5, 5.41) is 31.1. The maximum Gasteiger partial charge on any atom is 0.303 e. The third-order valence-electron chi connectivity index (χ3n) is 8.28. The summed E-state index contributed by atoms with van der Waals surface area (Å²) in [4.78, 5) is 75.1. The van der Waals surface area contributed by atoms with Crippen LogP contribution in [0, 0.1) is 16.0 Å². The lowest BCUT2D eigenvalue weighted by Gasteiger charge is -2.28. The van der Waals surface area contributed by atoms with E-state index < -0.39 is 40.8 Å². The second kappa shape index (κ2) is 18.0. The van der Waals surface area contributed by atoms with Crippen molar-refractivity contribution in [2.24, 2.45) is 5.92 Å². The van der Waals surface area contributed by atoms with Gasteiger partial charge in [-0.15, -0.1) is 0 Å². The summed E-state index contributed by atoms with van der Waals surface area (Å²) in [5.41, 5.74) is 0.711. The van der Waals surface area contributed by atoms with E-state index in [2.05, 4.69) is 21.3 Å². The normalized spacial score (nSPS) is 19.0. The number of nitro groups is 1. The van der Waals surface area contributed by atoms with Crippen LogP contribution in [0.25, 0.3) is 0 Å². The van der Waals surface area contributed by atoms with Crippen LogP contribution in [0.1, 0.15) is 85.1 Å². The van der Waals surface area contributed by atoms with Gasteiger partial charge in [-0.1, -0.05) is 45.7 Å². The van der Waals surface area contributed by atoms with Gasteiger partial charge in [0.25, 0.3) is 5.69 Å². The number of nitro benzene ring substituents is 1.